The van der Waals surface area contributed by atoms with Crippen molar-refractivity contribution < 1.29 is 0 Å². The number of nitriles is 1. The Balaban J connectivity index is 1.12. The van der Waals surface area contributed by atoms with Crippen LogP contribution in [0.4, 0.5) is 5.69 Å². The van der Waals surface area contributed by atoms with E-state index in [1.54, 1.807) is 0 Å². The van der Waals surface area contributed by atoms with E-state index in [1.165, 1.54) is 42.1 Å². The van der Waals surface area contributed by atoms with Crippen LogP contribution < -0.4 is 0 Å². The molecular formula is C74H40N4S2. The van der Waals surface area contributed by atoms with E-state index in [0.29, 0.717) is 16.8 Å². The molecule has 4 heterocycles. The Morgan fingerprint density at radius 2 is 0.775 bits per heavy atom. The molecule has 17 rings (SSSR count). The number of benzene rings is 13. The Kier molecular flexibility index (Phi) is 9.55. The van der Waals surface area contributed by atoms with E-state index in [2.05, 4.69) is 245 Å². The summed E-state index contributed by atoms with van der Waals surface area (Å²) in [5.74, 6) is 0. The van der Waals surface area contributed by atoms with E-state index < -0.39 is 0 Å². The highest BCUT2D eigenvalue weighted by Gasteiger charge is 2.34. The van der Waals surface area contributed by atoms with Gasteiger partial charge in [-0.05, 0) is 91.3 Å². The molecule has 0 radical (unpaired) electrons. The summed E-state index contributed by atoms with van der Waals surface area (Å²) < 4.78 is 9.48. The minimum atomic E-state index is 0.420. The van der Waals surface area contributed by atoms with E-state index in [4.69, 9.17) is 0 Å². The maximum absolute atomic E-state index is 12.4. The zero-order chi connectivity index (χ0) is 52.7. The Bertz CT molecular complexity index is 5280. The predicted molar refractivity (Wildman–Crippen MR) is 340 cm³/mol. The van der Waals surface area contributed by atoms with Gasteiger partial charge in [0.15, 0.2) is 0 Å². The van der Waals surface area contributed by atoms with Crippen molar-refractivity contribution in [3.8, 4) is 62.0 Å². The van der Waals surface area contributed by atoms with Gasteiger partial charge >= 0.3 is 0 Å². The first-order chi connectivity index (χ1) is 39.6. The summed E-state index contributed by atoms with van der Waals surface area (Å²) in [6.45, 7) is 9.53. The molecule has 6 heteroatoms. The van der Waals surface area contributed by atoms with Gasteiger partial charge in [0.25, 0.3) is 0 Å². The predicted octanol–water partition coefficient (Wildman–Crippen LogP) is 21.5. The molecule has 0 spiro atoms. The molecule has 4 nitrogen and oxygen atoms in total. The van der Waals surface area contributed by atoms with Gasteiger partial charge in [-0.2, -0.15) is 5.26 Å². The second-order valence-corrected chi connectivity index (χ2v) is 22.9. The molecule has 0 bridgehead atoms. The highest BCUT2D eigenvalue weighted by atomic mass is 32.1. The van der Waals surface area contributed by atoms with Crippen LogP contribution in [-0.2, 0) is 0 Å². The first-order valence-corrected chi connectivity index (χ1v) is 28.5. The van der Waals surface area contributed by atoms with E-state index in [9.17, 15) is 11.8 Å². The zero-order valence-corrected chi connectivity index (χ0v) is 44.3. The van der Waals surface area contributed by atoms with E-state index in [1.807, 2.05) is 40.9 Å². The number of rotatable bonds is 6. The van der Waals surface area contributed by atoms with Crippen molar-refractivity contribution in [2.45, 2.75) is 0 Å². The Hall–Kier alpha value is -10.3. The molecule has 0 aliphatic heterocycles. The molecule has 17 aromatic rings. The summed E-state index contributed by atoms with van der Waals surface area (Å²) in [7, 11) is 0. The Labute approximate surface area is 466 Å². The maximum atomic E-state index is 12.4. The number of thiophene rings is 2. The number of fused-ring (bicyclic) bond motifs is 14. The van der Waals surface area contributed by atoms with Crippen LogP contribution in [0.3, 0.4) is 0 Å². The van der Waals surface area contributed by atoms with Crippen molar-refractivity contribution in [1.82, 2.24) is 9.13 Å². The highest BCUT2D eigenvalue weighted by Crippen LogP contribution is 2.56. The molecule has 0 aliphatic carbocycles. The van der Waals surface area contributed by atoms with Crippen LogP contribution in [0.15, 0.2) is 243 Å². The van der Waals surface area contributed by atoms with Gasteiger partial charge in [-0.25, -0.2) is 4.85 Å². The van der Waals surface area contributed by atoms with Crippen LogP contribution in [0.1, 0.15) is 5.56 Å². The lowest BCUT2D eigenvalue weighted by molar-refractivity contribution is 1.14. The van der Waals surface area contributed by atoms with Crippen LogP contribution in [0, 0.1) is 17.9 Å². The largest absolute Gasteiger partial charge is 0.318 e. The number of nitrogens with zero attached hydrogens (tertiary/aromatic N) is 4. The van der Waals surface area contributed by atoms with Gasteiger partial charge < -0.3 is 9.13 Å². The standard InChI is InChI=1S/C74H40N4S2/c1-76-68-64(45-22-10-4-11-23-45)59(42-75)69(65(46-24-12-5-13-25-46)72(68)77-60-30-16-28-51-49-26-14-15-27-50(49)52-29-17-31-61(77)67(52)66(51)60)78-70-53(34-36-55-57-40-47(43-18-6-2-7-19-43)32-38-62(57)79-73(55)70)54-35-37-56-58-41-48(44-20-8-3-9-21-44)33-39-63(58)80-74(56)71(54)78/h2-41H. The highest BCUT2D eigenvalue weighted by molar-refractivity contribution is 7.27. The van der Waals surface area contributed by atoms with Crippen molar-refractivity contribution in [2.75, 3.05) is 0 Å². The molecule has 0 saturated heterocycles. The molecule has 0 aliphatic rings. The van der Waals surface area contributed by atoms with Gasteiger partial charge in [0.2, 0.25) is 5.69 Å². The minimum absolute atomic E-state index is 0.420. The first kappa shape index (κ1) is 44.8. The second-order valence-electron chi connectivity index (χ2n) is 20.8. The quantitative estimate of drug-likeness (QED) is 0.121. The molecule has 0 atom stereocenters. The van der Waals surface area contributed by atoms with Crippen molar-refractivity contribution >= 4 is 134 Å². The molecule has 4 aromatic heterocycles. The van der Waals surface area contributed by atoms with Crippen LogP contribution in [0.2, 0.25) is 0 Å². The first-order valence-electron chi connectivity index (χ1n) is 26.8. The van der Waals surface area contributed by atoms with Crippen molar-refractivity contribution in [3.63, 3.8) is 0 Å². The van der Waals surface area contributed by atoms with Crippen molar-refractivity contribution in [1.29, 1.82) is 5.26 Å². The summed E-state index contributed by atoms with van der Waals surface area (Å²) in [6, 6.07) is 89.7. The van der Waals surface area contributed by atoms with Gasteiger partial charge in [0.05, 0.1) is 55.0 Å². The lowest BCUT2D eigenvalue weighted by Gasteiger charge is -2.26. The maximum Gasteiger partial charge on any atom is 0.220 e. The third-order valence-corrected chi connectivity index (χ3v) is 19.1. The van der Waals surface area contributed by atoms with E-state index >= 15 is 0 Å². The molecule has 80 heavy (non-hydrogen) atoms. The third-order valence-electron chi connectivity index (χ3n) is 16.7. The molecule has 0 unspecified atom stereocenters. The summed E-state index contributed by atoms with van der Waals surface area (Å²) in [4.78, 5) is 4.66. The van der Waals surface area contributed by atoms with Crippen LogP contribution in [-0.4, -0.2) is 9.13 Å². The van der Waals surface area contributed by atoms with Gasteiger partial charge in [-0.15, -0.1) is 22.7 Å². The number of hydrogen-bond donors (Lipinski definition) is 0. The molecule has 0 N–H and O–H groups in total. The second kappa shape index (κ2) is 17.1. The lowest BCUT2D eigenvalue weighted by atomic mass is 9.88. The van der Waals surface area contributed by atoms with E-state index in [0.717, 1.165) is 114 Å². The fraction of sp³-hybridized carbons (Fsp3) is 0. The topological polar surface area (TPSA) is 38.0 Å². The Morgan fingerprint density at radius 3 is 1.24 bits per heavy atom. The molecule has 368 valence electrons. The molecule has 0 saturated carbocycles. The number of hydrogen-bond acceptors (Lipinski definition) is 3. The van der Waals surface area contributed by atoms with Gasteiger partial charge in [0, 0.05) is 63.6 Å². The van der Waals surface area contributed by atoms with Gasteiger partial charge in [-0.1, -0.05) is 206 Å². The monoisotopic (exact) mass is 1050 g/mol. The fourth-order valence-electron chi connectivity index (χ4n) is 13.4. The van der Waals surface area contributed by atoms with Crippen LogP contribution >= 0.6 is 22.7 Å². The lowest BCUT2D eigenvalue weighted by Crippen LogP contribution is -2.09. The fourth-order valence-corrected chi connectivity index (χ4v) is 15.8. The molecule has 0 fully saturated rings. The van der Waals surface area contributed by atoms with Crippen LogP contribution in [0.25, 0.3) is 166 Å². The number of aromatic nitrogens is 2. The normalized spacial score (nSPS) is 12.0. The molecular weight excluding hydrogens is 1010 g/mol. The van der Waals surface area contributed by atoms with Crippen molar-refractivity contribution in [3.05, 3.63) is 260 Å². The SMILES string of the molecule is [C-]#[N+]c1c(-c2ccccc2)c(C#N)c(-n2c3c(ccc4c5cc(-c6ccccc6)ccc5sc43)c3ccc4c5cc(-c6ccccc6)ccc5sc4c32)c(-c2ccccc2)c1-n1c2cccc3c4ccccc4c4cccc1c4c32. The Morgan fingerprint density at radius 1 is 0.350 bits per heavy atom. The average Bonchev–Trinajstić information content (AvgIpc) is 3.60. The zero-order valence-electron chi connectivity index (χ0n) is 42.7. The third kappa shape index (κ3) is 6.17. The summed E-state index contributed by atoms with van der Waals surface area (Å²) in [5, 5.41) is 26.3. The summed E-state index contributed by atoms with van der Waals surface area (Å²) in [6.07, 6.45) is 0. The minimum Gasteiger partial charge on any atom is -0.318 e. The van der Waals surface area contributed by atoms with Gasteiger partial charge in [0.1, 0.15) is 6.07 Å². The summed E-state index contributed by atoms with van der Waals surface area (Å²) in [5.41, 5.74) is 14.2. The van der Waals surface area contributed by atoms with Crippen molar-refractivity contribution in [2.24, 2.45) is 0 Å². The molecule has 0 amide bonds. The van der Waals surface area contributed by atoms with Gasteiger partial charge in [-0.3, -0.25) is 0 Å². The smallest absolute Gasteiger partial charge is 0.220 e. The van der Waals surface area contributed by atoms with Crippen LogP contribution in [0.5, 0.6) is 0 Å². The summed E-state index contributed by atoms with van der Waals surface area (Å²) >= 11 is 3.62. The van der Waals surface area contributed by atoms with E-state index in [-0.39, 0.29) is 0 Å². The molecule has 13 aromatic carbocycles. The average molecular weight is 1050 g/mol.